The summed E-state index contributed by atoms with van der Waals surface area (Å²) in [6.45, 7) is 4.02. The largest absolute Gasteiger partial charge is 0.487 e. The Kier molecular flexibility index (Phi) is 5.58. The Balaban J connectivity index is 1.52. The highest BCUT2D eigenvalue weighted by molar-refractivity contribution is 7.19. The zero-order valence-electron chi connectivity index (χ0n) is 16.7. The maximum absolute atomic E-state index is 12.6. The number of amides is 1. The fourth-order valence-electron chi connectivity index (χ4n) is 2.97. The van der Waals surface area contributed by atoms with Gasteiger partial charge in [-0.1, -0.05) is 18.3 Å². The van der Waals surface area contributed by atoms with E-state index in [2.05, 4.69) is 20.6 Å². The molecule has 0 aliphatic carbocycles. The van der Waals surface area contributed by atoms with Crippen LogP contribution < -0.4 is 10.1 Å². The average molecular weight is 438 g/mol. The van der Waals surface area contributed by atoms with Crippen molar-refractivity contribution in [3.63, 3.8) is 0 Å². The normalized spacial score (nSPS) is 10.9. The number of nitro benzene ring substituents is 1. The molecule has 0 bridgehead atoms. The van der Waals surface area contributed by atoms with Gasteiger partial charge in [0.05, 0.1) is 11.5 Å². The van der Waals surface area contributed by atoms with Crippen molar-refractivity contribution in [1.82, 2.24) is 19.8 Å². The van der Waals surface area contributed by atoms with E-state index in [0.29, 0.717) is 12.3 Å². The van der Waals surface area contributed by atoms with Gasteiger partial charge in [0, 0.05) is 29.3 Å². The fourth-order valence-corrected chi connectivity index (χ4v) is 3.84. The monoisotopic (exact) mass is 438 g/mol. The molecular weight excluding hydrogens is 420 g/mol. The number of hydrogen-bond acceptors (Lipinski definition) is 8. The van der Waals surface area contributed by atoms with E-state index in [1.165, 1.54) is 29.5 Å². The molecule has 2 aromatic carbocycles. The Bertz CT molecular complexity index is 1260. The number of aryl methyl sites for hydroxylation is 1. The zero-order chi connectivity index (χ0) is 22.0. The molecule has 0 unspecified atom stereocenters. The van der Waals surface area contributed by atoms with E-state index in [1.807, 2.05) is 19.1 Å². The fraction of sp³-hybridized carbons (Fsp3) is 0.200. The number of aromatic nitrogens is 4. The van der Waals surface area contributed by atoms with Gasteiger partial charge in [-0.2, -0.15) is 9.61 Å². The van der Waals surface area contributed by atoms with E-state index in [9.17, 15) is 14.9 Å². The molecule has 1 amide bonds. The van der Waals surface area contributed by atoms with E-state index in [0.717, 1.165) is 27.8 Å². The van der Waals surface area contributed by atoms with Crippen LogP contribution in [-0.4, -0.2) is 37.2 Å². The lowest BCUT2D eigenvalue weighted by molar-refractivity contribution is -0.385. The zero-order valence-corrected chi connectivity index (χ0v) is 17.5. The van der Waals surface area contributed by atoms with Crippen LogP contribution in [0.5, 0.6) is 5.75 Å². The second-order valence-corrected chi connectivity index (χ2v) is 7.43. The number of anilines is 1. The highest BCUT2D eigenvalue weighted by Gasteiger charge is 2.19. The lowest BCUT2D eigenvalue weighted by atomic mass is 10.1. The molecule has 0 radical (unpaired) electrons. The van der Waals surface area contributed by atoms with Crippen LogP contribution in [-0.2, 0) is 6.42 Å². The summed E-state index contributed by atoms with van der Waals surface area (Å²) < 4.78 is 6.98. The topological polar surface area (TPSA) is 125 Å². The summed E-state index contributed by atoms with van der Waals surface area (Å²) in [7, 11) is 0. The Labute approximate surface area is 180 Å². The van der Waals surface area contributed by atoms with Crippen molar-refractivity contribution >= 4 is 33.6 Å². The van der Waals surface area contributed by atoms with Crippen LogP contribution in [0.1, 0.15) is 30.0 Å². The SMILES string of the molecule is CCOc1ccc(C(=O)Nc2ccc(-c3nn4c(CC)nnc4s3)cc2)cc1[N+](=O)[O-]. The molecule has 1 N–H and O–H groups in total. The third-order valence-corrected chi connectivity index (χ3v) is 5.43. The molecule has 10 nitrogen and oxygen atoms in total. The molecule has 2 heterocycles. The van der Waals surface area contributed by atoms with Crippen molar-refractivity contribution in [3.05, 3.63) is 64.0 Å². The van der Waals surface area contributed by atoms with Crippen molar-refractivity contribution < 1.29 is 14.5 Å². The molecule has 0 aliphatic rings. The average Bonchev–Trinajstić information content (AvgIpc) is 3.35. The molecule has 31 heavy (non-hydrogen) atoms. The summed E-state index contributed by atoms with van der Waals surface area (Å²) >= 11 is 1.43. The lowest BCUT2D eigenvalue weighted by Crippen LogP contribution is -2.12. The number of fused-ring (bicyclic) bond motifs is 1. The van der Waals surface area contributed by atoms with Crippen LogP contribution in [0.4, 0.5) is 11.4 Å². The van der Waals surface area contributed by atoms with Gasteiger partial charge in [0.2, 0.25) is 4.96 Å². The van der Waals surface area contributed by atoms with E-state index in [1.54, 1.807) is 23.6 Å². The Morgan fingerprint density at radius 3 is 2.65 bits per heavy atom. The van der Waals surface area contributed by atoms with Gasteiger partial charge in [-0.25, -0.2) is 0 Å². The van der Waals surface area contributed by atoms with Crippen LogP contribution in [0.2, 0.25) is 0 Å². The number of hydrogen-bond donors (Lipinski definition) is 1. The quantitative estimate of drug-likeness (QED) is 0.342. The predicted octanol–water partition coefficient (Wildman–Crippen LogP) is 3.97. The van der Waals surface area contributed by atoms with Crippen molar-refractivity contribution in [3.8, 4) is 16.3 Å². The minimum absolute atomic E-state index is 0.129. The van der Waals surface area contributed by atoms with Crippen molar-refractivity contribution in [1.29, 1.82) is 0 Å². The lowest BCUT2D eigenvalue weighted by Gasteiger charge is -2.08. The Morgan fingerprint density at radius 2 is 1.97 bits per heavy atom. The highest BCUT2D eigenvalue weighted by Crippen LogP contribution is 2.29. The first-order valence-electron chi connectivity index (χ1n) is 9.54. The molecule has 0 saturated carbocycles. The molecule has 0 aliphatic heterocycles. The minimum Gasteiger partial charge on any atom is -0.487 e. The molecule has 4 rings (SSSR count). The molecule has 0 atom stereocenters. The summed E-state index contributed by atoms with van der Waals surface area (Å²) in [6.07, 6.45) is 0.735. The summed E-state index contributed by atoms with van der Waals surface area (Å²) in [6, 6.07) is 11.3. The molecule has 0 spiro atoms. The van der Waals surface area contributed by atoms with Gasteiger partial charge in [-0.15, -0.1) is 10.2 Å². The first-order valence-corrected chi connectivity index (χ1v) is 10.4. The third kappa shape index (κ3) is 4.08. The number of carbonyl (C=O) groups is 1. The molecule has 158 valence electrons. The summed E-state index contributed by atoms with van der Waals surface area (Å²) in [5.41, 5.74) is 1.36. The number of nitro groups is 1. The van der Waals surface area contributed by atoms with Crippen LogP contribution in [0.15, 0.2) is 42.5 Å². The van der Waals surface area contributed by atoms with E-state index in [-0.39, 0.29) is 17.0 Å². The number of carbonyl (C=O) groups excluding carboxylic acids is 1. The summed E-state index contributed by atoms with van der Waals surface area (Å²) in [5.74, 6) is 0.473. The molecular formula is C20H18N6O4S. The number of nitrogens with zero attached hydrogens (tertiary/aromatic N) is 5. The predicted molar refractivity (Wildman–Crippen MR) is 116 cm³/mol. The smallest absolute Gasteiger partial charge is 0.311 e. The highest BCUT2D eigenvalue weighted by atomic mass is 32.1. The van der Waals surface area contributed by atoms with Gasteiger partial charge < -0.3 is 10.1 Å². The van der Waals surface area contributed by atoms with E-state index < -0.39 is 10.8 Å². The summed E-state index contributed by atoms with van der Waals surface area (Å²) in [5, 5.41) is 27.6. The summed E-state index contributed by atoms with van der Waals surface area (Å²) in [4.78, 5) is 24.0. The van der Waals surface area contributed by atoms with Gasteiger partial charge in [0.15, 0.2) is 11.6 Å². The number of benzene rings is 2. The maximum atomic E-state index is 12.6. The Hall–Kier alpha value is -3.86. The van der Waals surface area contributed by atoms with Crippen LogP contribution >= 0.6 is 11.3 Å². The third-order valence-electron chi connectivity index (χ3n) is 4.48. The second-order valence-electron chi connectivity index (χ2n) is 6.48. The van der Waals surface area contributed by atoms with Gasteiger partial charge in [-0.3, -0.25) is 14.9 Å². The first-order chi connectivity index (χ1) is 15.0. The van der Waals surface area contributed by atoms with Gasteiger partial charge in [0.1, 0.15) is 5.01 Å². The van der Waals surface area contributed by atoms with Gasteiger partial charge in [-0.05, 0) is 43.3 Å². The van der Waals surface area contributed by atoms with Gasteiger partial charge in [0.25, 0.3) is 5.91 Å². The number of ether oxygens (including phenoxy) is 1. The number of nitrogens with one attached hydrogen (secondary N) is 1. The standard InChI is InChI=1S/C20H18N6O4S/c1-3-17-22-23-20-25(17)24-19(31-20)12-5-8-14(9-6-12)21-18(27)13-7-10-16(30-4-2)15(11-13)26(28)29/h5-11H,3-4H2,1-2H3,(H,21,27). The minimum atomic E-state index is -0.569. The Morgan fingerprint density at radius 1 is 1.19 bits per heavy atom. The second kappa shape index (κ2) is 8.48. The van der Waals surface area contributed by atoms with Crippen LogP contribution in [0.3, 0.4) is 0 Å². The van der Waals surface area contributed by atoms with E-state index >= 15 is 0 Å². The van der Waals surface area contributed by atoms with Crippen molar-refractivity contribution in [2.45, 2.75) is 20.3 Å². The molecule has 0 saturated heterocycles. The van der Waals surface area contributed by atoms with Crippen LogP contribution in [0.25, 0.3) is 15.5 Å². The van der Waals surface area contributed by atoms with Crippen LogP contribution in [0, 0.1) is 10.1 Å². The van der Waals surface area contributed by atoms with Crippen molar-refractivity contribution in [2.24, 2.45) is 0 Å². The molecule has 2 aromatic heterocycles. The number of rotatable bonds is 7. The van der Waals surface area contributed by atoms with E-state index in [4.69, 9.17) is 4.74 Å². The molecule has 11 heteroatoms. The maximum Gasteiger partial charge on any atom is 0.311 e. The molecule has 0 fully saturated rings. The molecule has 4 aromatic rings. The van der Waals surface area contributed by atoms with Gasteiger partial charge >= 0.3 is 5.69 Å². The van der Waals surface area contributed by atoms with Crippen molar-refractivity contribution in [2.75, 3.05) is 11.9 Å². The first kappa shape index (κ1) is 20.4.